The van der Waals surface area contributed by atoms with Crippen molar-refractivity contribution in [1.29, 1.82) is 0 Å². The molecule has 1 amide bonds. The van der Waals surface area contributed by atoms with Gasteiger partial charge in [-0.15, -0.1) is 0 Å². The standard InChI is InChI=1S/C24H18ClN3O3/c1-13-20-22(28(27-13)15-6-3-2-4-7-15)31-19-9-5-8-18(29)21(19)24(20)16-12-14(25)10-11-17(16)26-23(24)30/h2-4,6-7,10-12H,5,8-9H2,1H3,(H,26,30). The summed E-state index contributed by atoms with van der Waals surface area (Å²) in [5, 5.41) is 8.22. The monoisotopic (exact) mass is 431 g/mol. The summed E-state index contributed by atoms with van der Waals surface area (Å²) in [5.41, 5.74) is 2.47. The van der Waals surface area contributed by atoms with Crippen molar-refractivity contribution in [2.75, 3.05) is 5.32 Å². The van der Waals surface area contributed by atoms with E-state index in [-0.39, 0.29) is 11.7 Å². The Hall–Kier alpha value is -3.38. The van der Waals surface area contributed by atoms with Crippen molar-refractivity contribution in [1.82, 2.24) is 9.78 Å². The van der Waals surface area contributed by atoms with Gasteiger partial charge in [0.1, 0.15) is 11.2 Å². The molecule has 3 aromatic rings. The van der Waals surface area contributed by atoms with Crippen LogP contribution in [0.3, 0.4) is 0 Å². The molecule has 2 aromatic carbocycles. The van der Waals surface area contributed by atoms with Crippen LogP contribution in [0.1, 0.15) is 36.1 Å². The first-order chi connectivity index (χ1) is 15.0. The highest BCUT2D eigenvalue weighted by Crippen LogP contribution is 2.57. The first kappa shape index (κ1) is 18.4. The van der Waals surface area contributed by atoms with Gasteiger partial charge in [-0.1, -0.05) is 29.8 Å². The number of anilines is 1. The summed E-state index contributed by atoms with van der Waals surface area (Å²) < 4.78 is 8.05. The molecule has 0 bridgehead atoms. The molecule has 1 atom stereocenters. The van der Waals surface area contributed by atoms with Gasteiger partial charge in [0.2, 0.25) is 11.8 Å². The van der Waals surface area contributed by atoms with Crippen molar-refractivity contribution in [3.63, 3.8) is 0 Å². The number of allylic oxidation sites excluding steroid dienone is 1. The van der Waals surface area contributed by atoms with Gasteiger partial charge in [0, 0.05) is 29.1 Å². The van der Waals surface area contributed by atoms with Crippen molar-refractivity contribution in [2.24, 2.45) is 0 Å². The number of benzene rings is 2. The SMILES string of the molecule is Cc1nn(-c2ccccc2)c2c1C1(C(=O)Nc3ccc(Cl)cc31)C1=C(CCCC1=O)O2. The minimum atomic E-state index is -1.32. The number of carbonyl (C=O) groups is 2. The average molecular weight is 432 g/mol. The first-order valence-electron chi connectivity index (χ1n) is 10.2. The van der Waals surface area contributed by atoms with Crippen molar-refractivity contribution in [3.05, 3.63) is 81.7 Å². The number of aryl methyl sites for hydroxylation is 1. The molecular weight excluding hydrogens is 414 g/mol. The minimum absolute atomic E-state index is 0.0678. The van der Waals surface area contributed by atoms with Crippen LogP contribution in [0.25, 0.3) is 5.69 Å². The number of ether oxygens (including phenoxy) is 1. The highest BCUT2D eigenvalue weighted by Gasteiger charge is 2.60. The molecule has 7 heteroatoms. The number of aromatic nitrogens is 2. The number of rotatable bonds is 1. The van der Waals surface area contributed by atoms with E-state index in [0.717, 1.165) is 5.69 Å². The smallest absolute Gasteiger partial charge is 0.244 e. The van der Waals surface area contributed by atoms with Gasteiger partial charge < -0.3 is 10.1 Å². The summed E-state index contributed by atoms with van der Waals surface area (Å²) in [5.74, 6) is 0.679. The fourth-order valence-corrected chi connectivity index (χ4v) is 5.30. The van der Waals surface area contributed by atoms with Crippen molar-refractivity contribution in [2.45, 2.75) is 31.6 Å². The zero-order valence-electron chi connectivity index (χ0n) is 16.7. The number of Topliss-reactive ketones (excluding diaryl/α,β-unsaturated/α-hetero) is 1. The highest BCUT2D eigenvalue weighted by molar-refractivity contribution is 6.31. The molecule has 1 N–H and O–H groups in total. The Morgan fingerprint density at radius 1 is 1.13 bits per heavy atom. The third kappa shape index (κ3) is 2.31. The minimum Gasteiger partial charge on any atom is -0.442 e. The molecule has 3 aliphatic rings. The molecule has 0 fully saturated rings. The molecular formula is C24H18ClN3O3. The third-order valence-corrected chi connectivity index (χ3v) is 6.56. The molecule has 1 aromatic heterocycles. The predicted molar refractivity (Wildman–Crippen MR) is 116 cm³/mol. The quantitative estimate of drug-likeness (QED) is 0.617. The van der Waals surface area contributed by atoms with Gasteiger partial charge in [-0.25, -0.2) is 4.68 Å². The summed E-state index contributed by atoms with van der Waals surface area (Å²) >= 11 is 6.36. The van der Waals surface area contributed by atoms with Gasteiger partial charge in [-0.2, -0.15) is 5.10 Å². The van der Waals surface area contributed by atoms with E-state index in [2.05, 4.69) is 5.32 Å². The molecule has 1 aliphatic carbocycles. The molecule has 1 unspecified atom stereocenters. The number of hydrogen-bond acceptors (Lipinski definition) is 4. The van der Waals surface area contributed by atoms with Crippen LogP contribution in [0, 0.1) is 6.92 Å². The van der Waals surface area contributed by atoms with Gasteiger partial charge >= 0.3 is 0 Å². The normalized spacial score (nSPS) is 21.5. The number of para-hydroxylation sites is 1. The second-order valence-electron chi connectivity index (χ2n) is 8.08. The number of hydrogen-bond donors (Lipinski definition) is 1. The lowest BCUT2D eigenvalue weighted by molar-refractivity contribution is -0.123. The largest absolute Gasteiger partial charge is 0.442 e. The Morgan fingerprint density at radius 3 is 2.74 bits per heavy atom. The van der Waals surface area contributed by atoms with E-state index in [1.807, 2.05) is 37.3 Å². The van der Waals surface area contributed by atoms with E-state index < -0.39 is 5.41 Å². The second-order valence-corrected chi connectivity index (χ2v) is 8.52. The Kier molecular flexibility index (Phi) is 3.74. The van der Waals surface area contributed by atoms with Crippen LogP contribution in [0.15, 0.2) is 59.9 Å². The van der Waals surface area contributed by atoms with E-state index in [4.69, 9.17) is 21.4 Å². The van der Waals surface area contributed by atoms with E-state index in [0.29, 0.717) is 64.0 Å². The first-order valence-corrected chi connectivity index (χ1v) is 10.6. The highest BCUT2D eigenvalue weighted by atomic mass is 35.5. The van der Waals surface area contributed by atoms with E-state index >= 15 is 0 Å². The second kappa shape index (κ2) is 6.31. The van der Waals surface area contributed by atoms with Crippen LogP contribution >= 0.6 is 11.6 Å². The van der Waals surface area contributed by atoms with Crippen LogP contribution in [-0.2, 0) is 15.0 Å². The molecule has 0 radical (unpaired) electrons. The molecule has 1 spiro atoms. The van der Waals surface area contributed by atoms with Crippen molar-refractivity contribution in [3.8, 4) is 11.6 Å². The molecule has 0 saturated heterocycles. The summed E-state index contributed by atoms with van der Waals surface area (Å²) in [6.07, 6.45) is 1.66. The number of halogens is 1. The number of ketones is 1. The number of nitrogens with zero attached hydrogens (tertiary/aromatic N) is 2. The topological polar surface area (TPSA) is 73.2 Å². The zero-order chi connectivity index (χ0) is 21.3. The third-order valence-electron chi connectivity index (χ3n) is 6.33. The fourth-order valence-electron chi connectivity index (χ4n) is 5.12. The Bertz CT molecular complexity index is 1330. The van der Waals surface area contributed by atoms with Crippen LogP contribution in [0.4, 0.5) is 5.69 Å². The fraction of sp³-hybridized carbons (Fsp3) is 0.208. The number of fused-ring (bicyclic) bond motifs is 5. The maximum atomic E-state index is 13.7. The van der Waals surface area contributed by atoms with Crippen molar-refractivity contribution >= 4 is 29.0 Å². The van der Waals surface area contributed by atoms with Gasteiger partial charge in [-0.3, -0.25) is 9.59 Å². The van der Waals surface area contributed by atoms with Crippen LogP contribution in [-0.4, -0.2) is 21.5 Å². The molecule has 3 heterocycles. The van der Waals surface area contributed by atoms with Gasteiger partial charge in [0.15, 0.2) is 5.78 Å². The predicted octanol–water partition coefficient (Wildman–Crippen LogP) is 4.47. The lowest BCUT2D eigenvalue weighted by atomic mass is 9.65. The van der Waals surface area contributed by atoms with Crippen LogP contribution in [0.5, 0.6) is 5.88 Å². The summed E-state index contributed by atoms with van der Waals surface area (Å²) in [4.78, 5) is 27.0. The lowest BCUT2D eigenvalue weighted by Crippen LogP contribution is -2.45. The van der Waals surface area contributed by atoms with Gasteiger partial charge in [0.25, 0.3) is 0 Å². The summed E-state index contributed by atoms with van der Waals surface area (Å²) in [6.45, 7) is 1.85. The number of amides is 1. The van der Waals surface area contributed by atoms with Crippen LogP contribution < -0.4 is 10.1 Å². The van der Waals surface area contributed by atoms with Gasteiger partial charge in [0.05, 0.1) is 22.5 Å². The molecule has 31 heavy (non-hydrogen) atoms. The molecule has 6 rings (SSSR count). The van der Waals surface area contributed by atoms with Crippen LogP contribution in [0.2, 0.25) is 5.02 Å². The van der Waals surface area contributed by atoms with E-state index in [1.165, 1.54) is 0 Å². The van der Waals surface area contributed by atoms with E-state index in [9.17, 15) is 9.59 Å². The lowest BCUT2D eigenvalue weighted by Gasteiger charge is -2.37. The van der Waals surface area contributed by atoms with Gasteiger partial charge in [-0.05, 0) is 43.7 Å². The summed E-state index contributed by atoms with van der Waals surface area (Å²) in [6, 6.07) is 14.9. The molecule has 6 nitrogen and oxygen atoms in total. The number of nitrogens with one attached hydrogen (secondary N) is 1. The van der Waals surface area contributed by atoms with E-state index in [1.54, 1.807) is 22.9 Å². The molecule has 2 aliphatic heterocycles. The average Bonchev–Trinajstić information content (AvgIpc) is 3.24. The van der Waals surface area contributed by atoms with Crippen molar-refractivity contribution < 1.29 is 14.3 Å². The maximum Gasteiger partial charge on any atom is 0.244 e. The Labute approximate surface area is 183 Å². The Morgan fingerprint density at radius 2 is 1.94 bits per heavy atom. The zero-order valence-corrected chi connectivity index (χ0v) is 17.5. The number of carbonyl (C=O) groups excluding carboxylic acids is 2. The molecule has 154 valence electrons. The Balaban J connectivity index is 1.74. The summed E-state index contributed by atoms with van der Waals surface area (Å²) in [7, 11) is 0. The molecule has 0 saturated carbocycles. The maximum absolute atomic E-state index is 13.7.